The first-order chi connectivity index (χ1) is 5.41. The first kappa shape index (κ1) is 8.89. The maximum absolute atomic E-state index is 12.3. The number of hydrogen-bond acceptors (Lipinski definition) is 1. The van der Waals surface area contributed by atoms with Crippen LogP contribution in [0.3, 0.4) is 0 Å². The maximum atomic E-state index is 12.3. The summed E-state index contributed by atoms with van der Waals surface area (Å²) in [7, 11) is 0. The SMILES string of the molecule is Fc1cnc(C(F)(F)F)c(F)c1. The summed E-state index contributed by atoms with van der Waals surface area (Å²) in [4.78, 5) is 2.57. The lowest BCUT2D eigenvalue weighted by atomic mass is 10.3. The van der Waals surface area contributed by atoms with Crippen LogP contribution in [0.5, 0.6) is 0 Å². The minimum absolute atomic E-state index is 0.135. The Hall–Kier alpha value is -1.20. The molecule has 0 N–H and O–H groups in total. The van der Waals surface area contributed by atoms with Gasteiger partial charge in [0.15, 0.2) is 11.5 Å². The summed E-state index contributed by atoms with van der Waals surface area (Å²) in [6, 6.07) is 0.135. The van der Waals surface area contributed by atoms with Gasteiger partial charge in [0.05, 0.1) is 6.20 Å². The van der Waals surface area contributed by atoms with Gasteiger partial charge in [-0.15, -0.1) is 0 Å². The molecule has 0 saturated heterocycles. The monoisotopic (exact) mass is 183 g/mol. The van der Waals surface area contributed by atoms with E-state index in [4.69, 9.17) is 0 Å². The van der Waals surface area contributed by atoms with E-state index >= 15 is 0 Å². The lowest BCUT2D eigenvalue weighted by Crippen LogP contribution is -2.11. The van der Waals surface area contributed by atoms with Crippen molar-refractivity contribution >= 4 is 0 Å². The van der Waals surface area contributed by atoms with Crippen LogP contribution in [-0.2, 0) is 6.18 Å². The van der Waals surface area contributed by atoms with E-state index in [0.29, 0.717) is 6.20 Å². The highest BCUT2D eigenvalue weighted by molar-refractivity contribution is 5.11. The normalized spacial score (nSPS) is 11.8. The second-order valence-corrected chi connectivity index (χ2v) is 1.98. The van der Waals surface area contributed by atoms with Crippen LogP contribution in [0.1, 0.15) is 5.69 Å². The Kier molecular flexibility index (Phi) is 1.99. The molecular weight excluding hydrogens is 181 g/mol. The summed E-state index contributed by atoms with van der Waals surface area (Å²) in [5.74, 6) is -2.84. The van der Waals surface area contributed by atoms with Gasteiger partial charge in [-0.1, -0.05) is 0 Å². The van der Waals surface area contributed by atoms with Crippen molar-refractivity contribution < 1.29 is 22.0 Å². The van der Waals surface area contributed by atoms with Crippen LogP contribution in [0.4, 0.5) is 22.0 Å². The van der Waals surface area contributed by atoms with Crippen LogP contribution in [0.2, 0.25) is 0 Å². The van der Waals surface area contributed by atoms with E-state index < -0.39 is 23.5 Å². The highest BCUT2D eigenvalue weighted by Gasteiger charge is 2.36. The molecule has 12 heavy (non-hydrogen) atoms. The summed E-state index contributed by atoms with van der Waals surface area (Å²) in [5, 5.41) is 0. The Balaban J connectivity index is 3.19. The molecule has 0 amide bonds. The summed E-state index contributed by atoms with van der Waals surface area (Å²) in [6.07, 6.45) is -4.57. The van der Waals surface area contributed by atoms with Gasteiger partial charge in [-0.05, 0) is 0 Å². The van der Waals surface area contributed by atoms with Crippen LogP contribution < -0.4 is 0 Å². The van der Waals surface area contributed by atoms with Gasteiger partial charge >= 0.3 is 6.18 Å². The summed E-state index contributed by atoms with van der Waals surface area (Å²) in [6.45, 7) is 0. The minimum atomic E-state index is -4.88. The van der Waals surface area contributed by atoms with Gasteiger partial charge in [0.2, 0.25) is 0 Å². The molecule has 6 heteroatoms. The van der Waals surface area contributed by atoms with Gasteiger partial charge in [-0.3, -0.25) is 0 Å². The van der Waals surface area contributed by atoms with E-state index in [9.17, 15) is 22.0 Å². The van der Waals surface area contributed by atoms with Gasteiger partial charge in [0.1, 0.15) is 5.82 Å². The van der Waals surface area contributed by atoms with Crippen LogP contribution in [0.15, 0.2) is 12.3 Å². The molecule has 1 aromatic rings. The van der Waals surface area contributed by atoms with Crippen molar-refractivity contribution in [3.63, 3.8) is 0 Å². The second-order valence-electron chi connectivity index (χ2n) is 1.98. The first-order valence-electron chi connectivity index (χ1n) is 2.79. The Labute approximate surface area is 63.8 Å². The molecule has 1 heterocycles. The number of rotatable bonds is 0. The van der Waals surface area contributed by atoms with E-state index in [1.807, 2.05) is 0 Å². The molecule has 0 unspecified atom stereocenters. The summed E-state index contributed by atoms with van der Waals surface area (Å²) >= 11 is 0. The molecule has 66 valence electrons. The molecule has 0 bridgehead atoms. The van der Waals surface area contributed by atoms with Crippen LogP contribution in [0, 0.1) is 11.6 Å². The van der Waals surface area contributed by atoms with E-state index in [1.165, 1.54) is 0 Å². The quantitative estimate of drug-likeness (QED) is 0.562. The molecule has 0 atom stereocenters. The standard InChI is InChI=1S/C6H2F5N/c7-3-1-4(8)5(12-2-3)6(9,10)11/h1-2H. The predicted octanol–water partition coefficient (Wildman–Crippen LogP) is 2.38. The zero-order valence-electron chi connectivity index (χ0n) is 5.49. The number of nitrogens with zero attached hydrogens (tertiary/aromatic N) is 1. The Morgan fingerprint density at radius 2 is 1.75 bits per heavy atom. The Bertz CT molecular complexity index is 292. The third kappa shape index (κ3) is 1.69. The number of alkyl halides is 3. The fraction of sp³-hybridized carbons (Fsp3) is 0.167. The van der Waals surface area contributed by atoms with Crippen molar-refractivity contribution in [3.05, 3.63) is 29.6 Å². The molecule has 0 radical (unpaired) electrons. The Morgan fingerprint density at radius 3 is 2.17 bits per heavy atom. The molecule has 0 fully saturated rings. The number of aromatic nitrogens is 1. The maximum Gasteiger partial charge on any atom is 0.436 e. The topological polar surface area (TPSA) is 12.9 Å². The van der Waals surface area contributed by atoms with Gasteiger partial charge < -0.3 is 0 Å². The fourth-order valence-electron chi connectivity index (χ4n) is 0.623. The largest absolute Gasteiger partial charge is 0.436 e. The molecule has 0 spiro atoms. The van der Waals surface area contributed by atoms with Gasteiger partial charge in [0, 0.05) is 6.07 Å². The first-order valence-corrected chi connectivity index (χ1v) is 2.79. The number of halogens is 5. The third-order valence-corrected chi connectivity index (χ3v) is 1.08. The van der Waals surface area contributed by atoms with Crippen molar-refractivity contribution in [1.29, 1.82) is 0 Å². The minimum Gasteiger partial charge on any atom is -0.246 e. The van der Waals surface area contributed by atoms with Gasteiger partial charge in [-0.25, -0.2) is 13.8 Å². The average molecular weight is 183 g/mol. The second kappa shape index (κ2) is 2.69. The predicted molar refractivity (Wildman–Crippen MR) is 29.2 cm³/mol. The lowest BCUT2D eigenvalue weighted by molar-refractivity contribution is -0.143. The molecule has 0 aromatic carbocycles. The number of pyridine rings is 1. The van der Waals surface area contributed by atoms with Crippen molar-refractivity contribution in [3.8, 4) is 0 Å². The third-order valence-electron chi connectivity index (χ3n) is 1.08. The summed E-state index contributed by atoms with van der Waals surface area (Å²) < 4.78 is 59.7. The molecule has 0 aliphatic heterocycles. The van der Waals surface area contributed by atoms with Crippen LogP contribution in [0.25, 0.3) is 0 Å². The highest BCUT2D eigenvalue weighted by atomic mass is 19.4. The molecular formula is C6H2F5N. The molecule has 1 rings (SSSR count). The van der Waals surface area contributed by atoms with Gasteiger partial charge in [0.25, 0.3) is 0 Å². The lowest BCUT2D eigenvalue weighted by Gasteiger charge is -2.05. The zero-order valence-corrected chi connectivity index (χ0v) is 5.49. The fourth-order valence-corrected chi connectivity index (χ4v) is 0.623. The van der Waals surface area contributed by atoms with Crippen LogP contribution >= 0.6 is 0 Å². The molecule has 0 aliphatic carbocycles. The zero-order chi connectivity index (χ0) is 9.35. The summed E-state index contributed by atoms with van der Waals surface area (Å²) in [5.41, 5.74) is -1.70. The van der Waals surface area contributed by atoms with Crippen molar-refractivity contribution in [2.24, 2.45) is 0 Å². The molecule has 1 aromatic heterocycles. The molecule has 0 aliphatic rings. The van der Waals surface area contributed by atoms with Gasteiger partial charge in [-0.2, -0.15) is 13.2 Å². The van der Waals surface area contributed by atoms with Crippen molar-refractivity contribution in [2.75, 3.05) is 0 Å². The average Bonchev–Trinajstić information content (AvgIpc) is 1.83. The van der Waals surface area contributed by atoms with Crippen molar-refractivity contribution in [1.82, 2.24) is 4.98 Å². The van der Waals surface area contributed by atoms with Crippen molar-refractivity contribution in [2.45, 2.75) is 6.18 Å². The van der Waals surface area contributed by atoms with E-state index in [1.54, 1.807) is 0 Å². The van der Waals surface area contributed by atoms with E-state index in [-0.39, 0.29) is 6.07 Å². The van der Waals surface area contributed by atoms with Crippen LogP contribution in [-0.4, -0.2) is 4.98 Å². The molecule has 1 nitrogen and oxygen atoms in total. The van der Waals surface area contributed by atoms with E-state index in [2.05, 4.69) is 4.98 Å². The van der Waals surface area contributed by atoms with E-state index in [0.717, 1.165) is 0 Å². The molecule has 0 saturated carbocycles. The number of hydrogen-bond donors (Lipinski definition) is 0. The Morgan fingerprint density at radius 1 is 1.17 bits per heavy atom. The highest BCUT2D eigenvalue weighted by Crippen LogP contribution is 2.29. The smallest absolute Gasteiger partial charge is 0.246 e.